The fourth-order valence-electron chi connectivity index (χ4n) is 11.6. The van der Waals surface area contributed by atoms with Gasteiger partial charge in [-0.05, 0) is 70.6 Å². The summed E-state index contributed by atoms with van der Waals surface area (Å²) in [6, 6.07) is -1.00. The van der Waals surface area contributed by atoms with Gasteiger partial charge in [0.2, 0.25) is 5.91 Å². The molecule has 19 heteroatoms. The molecule has 0 aromatic heterocycles. The number of hydrogen-bond donors (Lipinski definition) is 12. The first-order chi connectivity index (χ1) is 43.8. The molecule has 3 aliphatic heterocycles. The summed E-state index contributed by atoms with van der Waals surface area (Å²) >= 11 is 0. The fourth-order valence-corrected chi connectivity index (χ4v) is 11.6. The first-order valence-electron chi connectivity index (χ1n) is 35.2. The van der Waals surface area contributed by atoms with Crippen LogP contribution in [-0.4, -0.2) is 193 Å². The van der Waals surface area contributed by atoms with Crippen molar-refractivity contribution in [1.29, 1.82) is 0 Å². The van der Waals surface area contributed by atoms with Crippen LogP contribution in [0.2, 0.25) is 0 Å². The van der Waals surface area contributed by atoms with E-state index < -0.39 is 124 Å². The Morgan fingerprint density at radius 3 is 1.24 bits per heavy atom. The lowest BCUT2D eigenvalue weighted by molar-refractivity contribution is -0.379. The van der Waals surface area contributed by atoms with Gasteiger partial charge in [0, 0.05) is 6.42 Å². The van der Waals surface area contributed by atoms with Gasteiger partial charge in [-0.3, -0.25) is 4.79 Å². The van der Waals surface area contributed by atoms with Crippen LogP contribution >= 0.6 is 0 Å². The van der Waals surface area contributed by atoms with Crippen LogP contribution in [0, 0.1) is 0 Å². The van der Waals surface area contributed by atoms with Crippen LogP contribution in [0.15, 0.2) is 72.9 Å². The highest BCUT2D eigenvalue weighted by Crippen LogP contribution is 2.33. The van der Waals surface area contributed by atoms with Crippen LogP contribution in [0.4, 0.5) is 0 Å². The monoisotopic (exact) mass is 1280 g/mol. The Morgan fingerprint density at radius 1 is 0.411 bits per heavy atom. The largest absolute Gasteiger partial charge is 0.394 e. The Labute approximate surface area is 540 Å². The summed E-state index contributed by atoms with van der Waals surface area (Å²) in [5.74, 6) is -0.301. The van der Waals surface area contributed by atoms with E-state index in [4.69, 9.17) is 28.4 Å². The summed E-state index contributed by atoms with van der Waals surface area (Å²) in [5, 5.41) is 121. The van der Waals surface area contributed by atoms with E-state index in [-0.39, 0.29) is 18.9 Å². The minimum absolute atomic E-state index is 0.216. The van der Waals surface area contributed by atoms with E-state index in [2.05, 4.69) is 79.9 Å². The Morgan fingerprint density at radius 2 is 0.778 bits per heavy atom. The zero-order valence-electron chi connectivity index (χ0n) is 55.1. The highest BCUT2D eigenvalue weighted by atomic mass is 16.8. The zero-order chi connectivity index (χ0) is 65.4. The number of hydrogen-bond acceptors (Lipinski definition) is 18. The molecule has 17 unspecified atom stereocenters. The van der Waals surface area contributed by atoms with E-state index in [1.54, 1.807) is 6.08 Å². The molecule has 1 amide bonds. The maximum atomic E-state index is 13.4. The van der Waals surface area contributed by atoms with Crippen LogP contribution in [0.25, 0.3) is 0 Å². The maximum absolute atomic E-state index is 13.4. The number of ether oxygens (including phenoxy) is 6. The molecular weight excluding hydrogens is 1150 g/mol. The second-order valence-electron chi connectivity index (χ2n) is 25.0. The SMILES string of the molecule is CC/C=C\C/C=C\C/C=C\C/C=C\CCCCCCCCC(=O)NC(COC1OC(CO)C(OC2OC(CO)C(OC3OC(CO)C(O)C(O)C3O)C(O)C2O)C(O)C1O)C(O)/C=C/CC/C=C/CCCCCCCCCCCCCCCCCCCCCC. The normalized spacial score (nSPS) is 28.5. The molecule has 0 bridgehead atoms. The summed E-state index contributed by atoms with van der Waals surface area (Å²) in [4.78, 5) is 13.4. The minimum Gasteiger partial charge on any atom is -0.394 e. The van der Waals surface area contributed by atoms with Crippen molar-refractivity contribution in [2.45, 2.75) is 343 Å². The number of amides is 1. The molecule has 19 nitrogen and oxygen atoms in total. The van der Waals surface area contributed by atoms with Gasteiger partial charge < -0.3 is 89.9 Å². The van der Waals surface area contributed by atoms with Crippen LogP contribution in [0.5, 0.6) is 0 Å². The zero-order valence-corrected chi connectivity index (χ0v) is 55.1. The lowest BCUT2D eigenvalue weighted by Crippen LogP contribution is -2.66. The van der Waals surface area contributed by atoms with E-state index in [0.29, 0.717) is 12.8 Å². The first kappa shape index (κ1) is 81.5. The fraction of sp³-hybridized carbons (Fsp3) is 0.817. The van der Waals surface area contributed by atoms with Crippen molar-refractivity contribution in [3.8, 4) is 0 Å². The molecule has 0 aromatic carbocycles. The minimum atomic E-state index is -1.99. The summed E-state index contributed by atoms with van der Waals surface area (Å²) < 4.78 is 34.3. The maximum Gasteiger partial charge on any atom is 0.220 e. The number of unbranched alkanes of at least 4 members (excludes halogenated alkanes) is 27. The second-order valence-corrected chi connectivity index (χ2v) is 25.0. The summed E-state index contributed by atoms with van der Waals surface area (Å²) in [7, 11) is 0. The Hall–Kier alpha value is -2.77. The van der Waals surface area contributed by atoms with Crippen molar-refractivity contribution in [2.75, 3.05) is 26.4 Å². The molecule has 3 heterocycles. The van der Waals surface area contributed by atoms with Crippen LogP contribution in [-0.2, 0) is 33.2 Å². The summed E-state index contributed by atoms with van der Waals surface area (Å²) in [6.45, 7) is 1.60. The number of aliphatic hydroxyl groups excluding tert-OH is 11. The summed E-state index contributed by atoms with van der Waals surface area (Å²) in [6.07, 6.45) is 38.8. The van der Waals surface area contributed by atoms with Gasteiger partial charge in [0.15, 0.2) is 18.9 Å². The number of carbonyl (C=O) groups is 1. The molecular formula is C71H125NO18. The topological polar surface area (TPSA) is 307 Å². The third kappa shape index (κ3) is 34.1. The highest BCUT2D eigenvalue weighted by Gasteiger charge is 2.53. The van der Waals surface area contributed by atoms with Crippen molar-refractivity contribution in [3.63, 3.8) is 0 Å². The standard InChI is InChI=1S/C71H125NO18/c1-3-5-7-9-11-13-15-17-19-21-23-24-25-26-27-28-29-31-32-34-36-38-40-42-44-46-48-55(76)54(72-59(77)49-47-45-43-41-39-37-35-33-30-22-20-18-16-14-12-10-8-6-4-2)53-85-69-65(83)62(80)67(57(51-74)87-69)90-71-66(84)63(81)68(58(52-75)88-71)89-70-64(82)61(79)60(78)56(50-73)86-70/h6,8,12,14,18,20,30,33,38,40,46,48,54-58,60-71,73-76,78-84H,3-5,7,9-11,13,15-17,19,21-29,31-32,34-37,39,41-45,47,49-53H2,1-2H3,(H,72,77)/b8-6-,14-12-,20-18-,33-30-,40-38+,48-46+. The third-order valence-corrected chi connectivity index (χ3v) is 17.2. The Kier molecular flexibility index (Phi) is 47.5. The Balaban J connectivity index is 1.45. The molecule has 3 aliphatic rings. The predicted octanol–water partition coefficient (Wildman–Crippen LogP) is 9.33. The van der Waals surface area contributed by atoms with Gasteiger partial charge >= 0.3 is 0 Å². The molecule has 3 fully saturated rings. The molecule has 522 valence electrons. The van der Waals surface area contributed by atoms with Crippen molar-refractivity contribution >= 4 is 5.91 Å². The highest BCUT2D eigenvalue weighted by molar-refractivity contribution is 5.76. The number of nitrogens with one attached hydrogen (secondary N) is 1. The molecule has 0 aliphatic carbocycles. The molecule has 0 spiro atoms. The van der Waals surface area contributed by atoms with Gasteiger partial charge in [-0.2, -0.15) is 0 Å². The van der Waals surface area contributed by atoms with E-state index in [9.17, 15) is 61.0 Å². The van der Waals surface area contributed by atoms with Crippen molar-refractivity contribution in [1.82, 2.24) is 5.32 Å². The van der Waals surface area contributed by atoms with E-state index >= 15 is 0 Å². The third-order valence-electron chi connectivity index (χ3n) is 17.2. The van der Waals surface area contributed by atoms with Crippen molar-refractivity contribution in [2.24, 2.45) is 0 Å². The molecule has 12 N–H and O–H groups in total. The van der Waals surface area contributed by atoms with Gasteiger partial charge in [-0.15, -0.1) is 0 Å². The van der Waals surface area contributed by atoms with Gasteiger partial charge in [0.1, 0.15) is 73.2 Å². The smallest absolute Gasteiger partial charge is 0.220 e. The summed E-state index contributed by atoms with van der Waals surface area (Å²) in [5.41, 5.74) is 0. The lowest BCUT2D eigenvalue weighted by atomic mass is 9.96. The average Bonchev–Trinajstić information content (AvgIpc) is 0.846. The van der Waals surface area contributed by atoms with Crippen molar-refractivity contribution in [3.05, 3.63) is 72.9 Å². The first-order valence-corrected chi connectivity index (χ1v) is 35.2. The van der Waals surface area contributed by atoms with Crippen LogP contribution < -0.4 is 5.32 Å². The van der Waals surface area contributed by atoms with Gasteiger partial charge in [-0.1, -0.05) is 234 Å². The molecule has 90 heavy (non-hydrogen) atoms. The number of aliphatic hydroxyl groups is 11. The molecule has 3 saturated heterocycles. The lowest BCUT2D eigenvalue weighted by Gasteiger charge is -2.48. The molecule has 0 aromatic rings. The quantitative estimate of drug-likeness (QED) is 0.0199. The number of carbonyl (C=O) groups excluding carboxylic acids is 1. The van der Waals surface area contributed by atoms with E-state index in [0.717, 1.165) is 83.5 Å². The molecule has 0 radical (unpaired) electrons. The predicted molar refractivity (Wildman–Crippen MR) is 351 cm³/mol. The van der Waals surface area contributed by atoms with Crippen LogP contribution in [0.3, 0.4) is 0 Å². The van der Waals surface area contributed by atoms with Gasteiger partial charge in [0.05, 0.1) is 38.6 Å². The van der Waals surface area contributed by atoms with Crippen LogP contribution in [0.1, 0.15) is 239 Å². The van der Waals surface area contributed by atoms with Gasteiger partial charge in [-0.25, -0.2) is 0 Å². The number of allylic oxidation sites excluding steroid dienone is 11. The Bertz CT molecular complexity index is 1920. The average molecular weight is 1280 g/mol. The number of rotatable bonds is 53. The second kappa shape index (κ2) is 52.5. The van der Waals surface area contributed by atoms with E-state index in [1.807, 2.05) is 6.08 Å². The van der Waals surface area contributed by atoms with E-state index in [1.165, 1.54) is 122 Å². The molecule has 3 rings (SSSR count). The molecule has 0 saturated carbocycles. The molecule has 17 atom stereocenters. The van der Waals surface area contributed by atoms with Gasteiger partial charge in [0.25, 0.3) is 0 Å². The van der Waals surface area contributed by atoms with Crippen molar-refractivity contribution < 1.29 is 89.4 Å².